The average molecular weight is 298 g/mol. The molecule has 1 unspecified atom stereocenters. The number of carbonyl (C=O) groups is 1. The minimum atomic E-state index is -0.140. The Morgan fingerprint density at radius 3 is 2.19 bits per heavy atom. The van der Waals surface area contributed by atoms with E-state index in [0.717, 1.165) is 26.1 Å². The van der Waals surface area contributed by atoms with Crippen LogP contribution in [0.25, 0.3) is 0 Å². The summed E-state index contributed by atoms with van der Waals surface area (Å²) in [4.78, 5) is 14.5. The van der Waals surface area contributed by atoms with Gasteiger partial charge in [0.2, 0.25) is 0 Å². The van der Waals surface area contributed by atoms with Crippen LogP contribution in [0, 0.1) is 11.8 Å². The lowest BCUT2D eigenvalue weighted by Gasteiger charge is -2.28. The lowest BCUT2D eigenvalue weighted by atomic mass is 10.1. The first-order chi connectivity index (χ1) is 9.92. The molecular formula is C17H34N2O2. The third kappa shape index (κ3) is 8.42. The van der Waals surface area contributed by atoms with Crippen molar-refractivity contribution in [2.45, 2.75) is 66.0 Å². The number of carbonyl (C=O) groups excluding carboxylic acids is 1. The molecule has 0 saturated heterocycles. The van der Waals surface area contributed by atoms with Crippen molar-refractivity contribution in [1.82, 2.24) is 10.2 Å². The zero-order chi connectivity index (χ0) is 15.8. The van der Waals surface area contributed by atoms with E-state index in [4.69, 9.17) is 4.74 Å². The van der Waals surface area contributed by atoms with Gasteiger partial charge in [-0.2, -0.15) is 0 Å². The van der Waals surface area contributed by atoms with Gasteiger partial charge < -0.3 is 15.0 Å². The molecule has 1 atom stereocenters. The van der Waals surface area contributed by atoms with Gasteiger partial charge in [0.25, 0.3) is 0 Å². The molecule has 1 saturated carbocycles. The van der Waals surface area contributed by atoms with Gasteiger partial charge in [0.15, 0.2) is 0 Å². The van der Waals surface area contributed by atoms with Gasteiger partial charge in [-0.05, 0) is 38.0 Å². The number of ether oxygens (including phenoxy) is 1. The zero-order valence-corrected chi connectivity index (χ0v) is 14.5. The summed E-state index contributed by atoms with van der Waals surface area (Å²) in [5.74, 6) is 1.22. The van der Waals surface area contributed by atoms with E-state index in [2.05, 4.69) is 37.9 Å². The van der Waals surface area contributed by atoms with E-state index < -0.39 is 0 Å². The van der Waals surface area contributed by atoms with Crippen molar-refractivity contribution in [3.63, 3.8) is 0 Å². The maximum absolute atomic E-state index is 12.1. The zero-order valence-electron chi connectivity index (χ0n) is 14.5. The molecule has 4 heteroatoms. The quantitative estimate of drug-likeness (QED) is 0.596. The first-order valence-electron chi connectivity index (χ1n) is 8.57. The largest absolute Gasteiger partial charge is 0.465 e. The fourth-order valence-electron chi connectivity index (χ4n) is 2.65. The van der Waals surface area contributed by atoms with Gasteiger partial charge in [-0.1, -0.05) is 27.7 Å². The first kappa shape index (κ1) is 18.4. The first-order valence-corrected chi connectivity index (χ1v) is 8.57. The molecule has 0 spiro atoms. The van der Waals surface area contributed by atoms with Gasteiger partial charge in [0.05, 0.1) is 6.61 Å². The van der Waals surface area contributed by atoms with Crippen LogP contribution in [0.15, 0.2) is 0 Å². The normalized spacial score (nSPS) is 16.8. The van der Waals surface area contributed by atoms with Crippen molar-refractivity contribution in [1.29, 1.82) is 0 Å². The van der Waals surface area contributed by atoms with Crippen LogP contribution in [-0.2, 0) is 9.53 Å². The molecule has 0 bridgehead atoms. The van der Waals surface area contributed by atoms with E-state index in [0.29, 0.717) is 24.5 Å². The Labute approximate surface area is 130 Å². The lowest BCUT2D eigenvalue weighted by molar-refractivity contribution is -0.146. The molecule has 0 amide bonds. The van der Waals surface area contributed by atoms with E-state index in [1.54, 1.807) is 0 Å². The topological polar surface area (TPSA) is 41.6 Å². The van der Waals surface area contributed by atoms with Crippen molar-refractivity contribution in [2.24, 2.45) is 11.8 Å². The maximum atomic E-state index is 12.1. The summed E-state index contributed by atoms with van der Waals surface area (Å²) < 4.78 is 5.21. The summed E-state index contributed by atoms with van der Waals surface area (Å²) in [6, 6.07) is 0.391. The number of esters is 1. The molecule has 1 rings (SSSR count). The van der Waals surface area contributed by atoms with Gasteiger partial charge in [-0.25, -0.2) is 0 Å². The Kier molecular flexibility index (Phi) is 8.27. The lowest BCUT2D eigenvalue weighted by Crippen LogP contribution is -2.43. The molecular weight excluding hydrogens is 264 g/mol. The van der Waals surface area contributed by atoms with Crippen LogP contribution in [-0.4, -0.2) is 49.2 Å². The number of nitrogens with one attached hydrogen (secondary N) is 1. The number of rotatable bonds is 11. The number of hydrogen-bond acceptors (Lipinski definition) is 4. The van der Waals surface area contributed by atoms with Crippen molar-refractivity contribution < 1.29 is 9.53 Å². The Balaban J connectivity index is 2.47. The van der Waals surface area contributed by atoms with Crippen LogP contribution >= 0.6 is 0 Å². The molecule has 21 heavy (non-hydrogen) atoms. The third-order valence-electron chi connectivity index (χ3n) is 3.57. The van der Waals surface area contributed by atoms with Crippen LogP contribution in [0.4, 0.5) is 0 Å². The summed E-state index contributed by atoms with van der Waals surface area (Å²) >= 11 is 0. The smallest absolute Gasteiger partial charge is 0.323 e. The van der Waals surface area contributed by atoms with Gasteiger partial charge in [0.1, 0.15) is 6.04 Å². The predicted molar refractivity (Wildman–Crippen MR) is 87.3 cm³/mol. The summed E-state index contributed by atoms with van der Waals surface area (Å²) in [6.07, 6.45) is 3.23. The van der Waals surface area contributed by atoms with E-state index in [9.17, 15) is 4.79 Å². The molecule has 0 aromatic rings. The monoisotopic (exact) mass is 298 g/mol. The Bertz CT molecular complexity index is 291. The summed E-state index contributed by atoms with van der Waals surface area (Å²) in [5.41, 5.74) is 0. The van der Waals surface area contributed by atoms with Crippen molar-refractivity contribution in [2.75, 3.05) is 26.2 Å². The molecule has 4 nitrogen and oxygen atoms in total. The van der Waals surface area contributed by atoms with Gasteiger partial charge >= 0.3 is 5.97 Å². The highest BCUT2D eigenvalue weighted by Gasteiger charge is 2.29. The number of nitrogens with zero attached hydrogens (tertiary/aromatic N) is 1. The second-order valence-corrected chi connectivity index (χ2v) is 7.08. The summed E-state index contributed by atoms with van der Waals surface area (Å²) in [6.45, 7) is 14.5. The van der Waals surface area contributed by atoms with E-state index in [1.807, 2.05) is 6.92 Å². The van der Waals surface area contributed by atoms with E-state index in [1.165, 1.54) is 12.8 Å². The van der Waals surface area contributed by atoms with Crippen molar-refractivity contribution in [3.8, 4) is 0 Å². The molecule has 124 valence electrons. The minimum absolute atomic E-state index is 0.0848. The van der Waals surface area contributed by atoms with Crippen LogP contribution in [0.2, 0.25) is 0 Å². The minimum Gasteiger partial charge on any atom is -0.465 e. The van der Waals surface area contributed by atoms with Crippen LogP contribution in [0.3, 0.4) is 0 Å². The van der Waals surface area contributed by atoms with Crippen molar-refractivity contribution >= 4 is 5.97 Å². The molecule has 0 heterocycles. The van der Waals surface area contributed by atoms with Crippen LogP contribution in [0.5, 0.6) is 0 Å². The molecule has 0 aromatic carbocycles. The average Bonchev–Trinajstić information content (AvgIpc) is 3.16. The highest BCUT2D eigenvalue weighted by molar-refractivity contribution is 5.75. The highest BCUT2D eigenvalue weighted by atomic mass is 16.5. The summed E-state index contributed by atoms with van der Waals surface area (Å²) in [5, 5.41) is 3.44. The SMILES string of the molecule is CCOC(=O)C(CCN(CC(C)C)CC(C)C)NC1CC1. The Morgan fingerprint density at radius 1 is 1.19 bits per heavy atom. The Morgan fingerprint density at radius 2 is 1.76 bits per heavy atom. The molecule has 1 N–H and O–H groups in total. The van der Waals surface area contributed by atoms with Gasteiger partial charge in [-0.15, -0.1) is 0 Å². The maximum Gasteiger partial charge on any atom is 0.323 e. The van der Waals surface area contributed by atoms with Crippen LogP contribution < -0.4 is 5.32 Å². The molecule has 0 radical (unpaired) electrons. The molecule has 0 aliphatic heterocycles. The standard InChI is InChI=1S/C17H34N2O2/c1-6-21-17(20)16(18-15-7-8-15)9-10-19(11-13(2)3)12-14(4)5/h13-16,18H,6-12H2,1-5H3. The fraction of sp³-hybridized carbons (Fsp3) is 0.941. The highest BCUT2D eigenvalue weighted by Crippen LogP contribution is 2.20. The molecule has 1 aliphatic carbocycles. The second-order valence-electron chi connectivity index (χ2n) is 7.08. The van der Waals surface area contributed by atoms with Gasteiger partial charge in [-0.3, -0.25) is 4.79 Å². The molecule has 0 aromatic heterocycles. The van der Waals surface area contributed by atoms with E-state index >= 15 is 0 Å². The second kappa shape index (κ2) is 9.42. The fourth-order valence-corrected chi connectivity index (χ4v) is 2.65. The van der Waals surface area contributed by atoms with Crippen molar-refractivity contribution in [3.05, 3.63) is 0 Å². The van der Waals surface area contributed by atoms with Crippen LogP contribution in [0.1, 0.15) is 53.9 Å². The Hall–Kier alpha value is -0.610. The summed E-state index contributed by atoms with van der Waals surface area (Å²) in [7, 11) is 0. The predicted octanol–water partition coefficient (Wildman–Crippen LogP) is 2.67. The van der Waals surface area contributed by atoms with Gasteiger partial charge in [0, 0.05) is 25.7 Å². The molecule has 1 fully saturated rings. The van der Waals surface area contributed by atoms with E-state index in [-0.39, 0.29) is 12.0 Å². The molecule has 1 aliphatic rings. The third-order valence-corrected chi connectivity index (χ3v) is 3.57. The number of hydrogen-bond donors (Lipinski definition) is 1.